The minimum Gasteiger partial charge on any atom is -0.479 e. The molecule has 2 fully saturated rings. The molecule has 6 heteroatoms. The van der Waals surface area contributed by atoms with Crippen molar-refractivity contribution >= 4 is 12.0 Å². The van der Waals surface area contributed by atoms with E-state index in [4.69, 9.17) is 4.74 Å². The van der Waals surface area contributed by atoms with Crippen LogP contribution in [0, 0.1) is 0 Å². The average Bonchev–Trinajstić information content (AvgIpc) is 2.82. The molecule has 2 N–H and O–H groups in total. The summed E-state index contributed by atoms with van der Waals surface area (Å²) in [6.45, 7) is 2.78. The first-order valence-electron chi connectivity index (χ1n) is 7.34. The van der Waals surface area contributed by atoms with Crippen molar-refractivity contribution in [3.63, 3.8) is 0 Å². The van der Waals surface area contributed by atoms with Crippen LogP contribution in [0.3, 0.4) is 0 Å². The highest BCUT2D eigenvalue weighted by Gasteiger charge is 2.49. The molecule has 20 heavy (non-hydrogen) atoms. The fraction of sp³-hybridized carbons (Fsp3) is 0.857. The van der Waals surface area contributed by atoms with Crippen molar-refractivity contribution in [2.45, 2.75) is 56.6 Å². The molecule has 0 bridgehead atoms. The topological polar surface area (TPSA) is 78.9 Å². The van der Waals surface area contributed by atoms with E-state index in [-0.39, 0.29) is 11.6 Å². The van der Waals surface area contributed by atoms with E-state index in [0.29, 0.717) is 25.9 Å². The van der Waals surface area contributed by atoms with Crippen molar-refractivity contribution in [2.75, 3.05) is 20.2 Å². The van der Waals surface area contributed by atoms with Gasteiger partial charge in [0.15, 0.2) is 0 Å². The van der Waals surface area contributed by atoms with Gasteiger partial charge in [0.05, 0.1) is 5.60 Å². The molecule has 0 radical (unpaired) electrons. The number of ether oxygens (including phenoxy) is 1. The van der Waals surface area contributed by atoms with Crippen LogP contribution in [0.25, 0.3) is 0 Å². The van der Waals surface area contributed by atoms with Gasteiger partial charge in [-0.3, -0.25) is 0 Å². The fourth-order valence-electron chi connectivity index (χ4n) is 3.27. The molecule has 2 rings (SSSR count). The van der Waals surface area contributed by atoms with Gasteiger partial charge in [-0.25, -0.2) is 9.59 Å². The number of hydrogen-bond donors (Lipinski definition) is 2. The van der Waals surface area contributed by atoms with Gasteiger partial charge < -0.3 is 20.1 Å². The summed E-state index contributed by atoms with van der Waals surface area (Å²) in [6.07, 6.45) is 4.71. The standard InChI is InChI=1S/C14H24N2O4/c1-3-14(11(17)18)8-5-9-16(14)12(19)15-10-13(20-2)6-4-7-13/h3-10H2,1-2H3,(H,15,19)(H,17,18). The molecule has 1 unspecified atom stereocenters. The number of carbonyl (C=O) groups excluding carboxylic acids is 1. The van der Waals surface area contributed by atoms with Crippen molar-refractivity contribution in [1.29, 1.82) is 0 Å². The average molecular weight is 284 g/mol. The van der Waals surface area contributed by atoms with Crippen LogP contribution in [-0.2, 0) is 9.53 Å². The van der Waals surface area contributed by atoms with Gasteiger partial charge in [-0.05, 0) is 38.5 Å². The number of carbonyl (C=O) groups is 2. The third kappa shape index (κ3) is 2.37. The number of carboxylic acid groups (broad SMARTS) is 1. The predicted octanol–water partition coefficient (Wildman–Crippen LogP) is 1.59. The number of urea groups is 1. The molecular formula is C14H24N2O4. The first-order valence-corrected chi connectivity index (χ1v) is 7.34. The van der Waals surface area contributed by atoms with E-state index in [1.807, 2.05) is 6.92 Å². The molecule has 2 aliphatic rings. The molecule has 1 saturated carbocycles. The molecule has 2 amide bonds. The molecule has 0 aromatic heterocycles. The van der Waals surface area contributed by atoms with E-state index < -0.39 is 11.5 Å². The highest BCUT2D eigenvalue weighted by atomic mass is 16.5. The molecule has 1 aliphatic carbocycles. The van der Waals surface area contributed by atoms with Crippen molar-refractivity contribution < 1.29 is 19.4 Å². The molecule has 0 spiro atoms. The van der Waals surface area contributed by atoms with E-state index in [0.717, 1.165) is 25.7 Å². The summed E-state index contributed by atoms with van der Waals surface area (Å²) in [7, 11) is 1.66. The van der Waals surface area contributed by atoms with Crippen LogP contribution in [0.1, 0.15) is 45.4 Å². The molecule has 114 valence electrons. The number of likely N-dealkylation sites (tertiary alicyclic amines) is 1. The smallest absolute Gasteiger partial charge is 0.329 e. The zero-order valence-corrected chi connectivity index (χ0v) is 12.3. The number of rotatable bonds is 5. The van der Waals surface area contributed by atoms with Gasteiger partial charge in [0.2, 0.25) is 0 Å². The number of methoxy groups -OCH3 is 1. The Balaban J connectivity index is 1.99. The summed E-state index contributed by atoms with van der Waals surface area (Å²) >= 11 is 0. The van der Waals surface area contributed by atoms with E-state index in [1.54, 1.807) is 7.11 Å². The number of nitrogens with one attached hydrogen (secondary N) is 1. The Labute approximate surface area is 119 Å². The van der Waals surface area contributed by atoms with E-state index >= 15 is 0 Å². The largest absolute Gasteiger partial charge is 0.479 e. The molecule has 1 saturated heterocycles. The van der Waals surface area contributed by atoms with Crippen molar-refractivity contribution in [3.8, 4) is 0 Å². The van der Waals surface area contributed by atoms with Crippen LogP contribution < -0.4 is 5.32 Å². The third-order valence-corrected chi connectivity index (χ3v) is 4.98. The summed E-state index contributed by atoms with van der Waals surface area (Å²) in [5.74, 6) is -0.905. The lowest BCUT2D eigenvalue weighted by molar-refractivity contribution is -0.148. The van der Waals surface area contributed by atoms with Crippen molar-refractivity contribution in [3.05, 3.63) is 0 Å². The van der Waals surface area contributed by atoms with Crippen LogP contribution in [0.4, 0.5) is 4.79 Å². The maximum Gasteiger partial charge on any atom is 0.329 e. The summed E-state index contributed by atoms with van der Waals surface area (Å²) in [5, 5.41) is 12.3. The first-order chi connectivity index (χ1) is 9.49. The zero-order valence-electron chi connectivity index (χ0n) is 12.3. The molecule has 1 aliphatic heterocycles. The van der Waals surface area contributed by atoms with Gasteiger partial charge in [-0.1, -0.05) is 6.92 Å². The third-order valence-electron chi connectivity index (χ3n) is 4.98. The minimum absolute atomic E-state index is 0.243. The van der Waals surface area contributed by atoms with Crippen LogP contribution in [0.15, 0.2) is 0 Å². The number of aliphatic carboxylic acids is 1. The Morgan fingerprint density at radius 1 is 1.30 bits per heavy atom. The fourth-order valence-corrected chi connectivity index (χ4v) is 3.27. The predicted molar refractivity (Wildman–Crippen MR) is 73.6 cm³/mol. The van der Waals surface area contributed by atoms with Crippen molar-refractivity contribution in [2.24, 2.45) is 0 Å². The zero-order chi connectivity index (χ0) is 14.8. The molecule has 1 atom stereocenters. The minimum atomic E-state index is -1.04. The Morgan fingerprint density at radius 2 is 2.00 bits per heavy atom. The molecule has 0 aromatic rings. The number of hydrogen-bond acceptors (Lipinski definition) is 3. The SMILES string of the molecule is CCC1(C(=O)O)CCCN1C(=O)NCC1(OC)CCC1. The molecular weight excluding hydrogens is 260 g/mol. The second kappa shape index (κ2) is 5.60. The highest BCUT2D eigenvalue weighted by molar-refractivity contribution is 5.87. The van der Waals surface area contributed by atoms with E-state index in [2.05, 4.69) is 5.32 Å². The van der Waals surface area contributed by atoms with E-state index in [1.165, 1.54) is 4.90 Å². The summed E-state index contributed by atoms with van der Waals surface area (Å²) in [4.78, 5) is 25.4. The first kappa shape index (κ1) is 15.1. The Bertz CT molecular complexity index is 389. The van der Waals surface area contributed by atoms with Gasteiger partial charge in [0, 0.05) is 20.2 Å². The second-order valence-corrected chi connectivity index (χ2v) is 5.84. The Kier molecular flexibility index (Phi) is 4.22. The van der Waals surface area contributed by atoms with Crippen LogP contribution in [0.5, 0.6) is 0 Å². The monoisotopic (exact) mass is 284 g/mol. The van der Waals surface area contributed by atoms with Gasteiger partial charge in [0.1, 0.15) is 5.54 Å². The summed E-state index contributed by atoms with van der Waals surface area (Å²) in [5.41, 5.74) is -1.28. The van der Waals surface area contributed by atoms with Crippen LogP contribution >= 0.6 is 0 Å². The lowest BCUT2D eigenvalue weighted by atomic mass is 9.80. The number of nitrogens with zero attached hydrogens (tertiary/aromatic N) is 1. The number of amides is 2. The van der Waals surface area contributed by atoms with Crippen molar-refractivity contribution in [1.82, 2.24) is 10.2 Å². The second-order valence-electron chi connectivity index (χ2n) is 5.84. The maximum absolute atomic E-state index is 12.3. The Morgan fingerprint density at radius 3 is 2.45 bits per heavy atom. The molecule has 1 heterocycles. The lowest BCUT2D eigenvalue weighted by Gasteiger charge is -2.41. The molecule has 0 aromatic carbocycles. The molecule has 6 nitrogen and oxygen atoms in total. The highest BCUT2D eigenvalue weighted by Crippen LogP contribution is 2.35. The van der Waals surface area contributed by atoms with Gasteiger partial charge >= 0.3 is 12.0 Å². The van der Waals surface area contributed by atoms with Gasteiger partial charge in [0.25, 0.3) is 0 Å². The normalized spacial score (nSPS) is 28.0. The summed E-state index contributed by atoms with van der Waals surface area (Å²) < 4.78 is 5.46. The lowest BCUT2D eigenvalue weighted by Crippen LogP contribution is -2.58. The van der Waals surface area contributed by atoms with E-state index in [9.17, 15) is 14.7 Å². The quantitative estimate of drug-likeness (QED) is 0.803. The maximum atomic E-state index is 12.3. The van der Waals surface area contributed by atoms with Gasteiger partial charge in [-0.2, -0.15) is 0 Å². The van der Waals surface area contributed by atoms with Crippen LogP contribution in [-0.4, -0.2) is 53.3 Å². The van der Waals surface area contributed by atoms with Crippen LogP contribution in [0.2, 0.25) is 0 Å². The number of carboxylic acids is 1. The van der Waals surface area contributed by atoms with Gasteiger partial charge in [-0.15, -0.1) is 0 Å². The summed E-state index contributed by atoms with van der Waals surface area (Å²) in [6, 6.07) is -0.282. The Hall–Kier alpha value is -1.30.